The number of piperazine rings is 1. The largest absolute Gasteiger partial charge is 0.339 e. The van der Waals surface area contributed by atoms with E-state index in [4.69, 9.17) is 0 Å². The summed E-state index contributed by atoms with van der Waals surface area (Å²) in [5.41, 5.74) is 0.311. The molecule has 0 unspecified atom stereocenters. The second-order valence-corrected chi connectivity index (χ2v) is 6.70. The maximum absolute atomic E-state index is 13.1. The number of anilines is 1. The number of likely N-dealkylation sites (N-methyl/N-ethyl adjacent to an activating group) is 1. The Balaban J connectivity index is 1.72. The Morgan fingerprint density at radius 2 is 1.71 bits per heavy atom. The van der Waals surface area contributed by atoms with Crippen molar-refractivity contribution in [1.29, 1.82) is 0 Å². The van der Waals surface area contributed by atoms with E-state index in [-0.39, 0.29) is 37.1 Å². The van der Waals surface area contributed by atoms with Crippen LogP contribution in [0.3, 0.4) is 0 Å². The number of halogens is 1. The van der Waals surface area contributed by atoms with E-state index in [2.05, 4.69) is 5.32 Å². The van der Waals surface area contributed by atoms with Gasteiger partial charge in [-0.05, 0) is 18.2 Å². The van der Waals surface area contributed by atoms with Gasteiger partial charge >= 0.3 is 0 Å². The summed E-state index contributed by atoms with van der Waals surface area (Å²) in [6.45, 7) is 3.21. The van der Waals surface area contributed by atoms with Crippen LogP contribution in [-0.4, -0.2) is 78.1 Å². The van der Waals surface area contributed by atoms with Crippen LogP contribution in [0.1, 0.15) is 19.8 Å². The van der Waals surface area contributed by atoms with Crippen LogP contribution in [-0.2, 0) is 19.2 Å². The molecule has 1 aliphatic heterocycles. The van der Waals surface area contributed by atoms with Crippen molar-refractivity contribution in [1.82, 2.24) is 14.7 Å². The number of hydrogen-bond donors (Lipinski definition) is 1. The molecule has 1 aliphatic rings. The van der Waals surface area contributed by atoms with Crippen LogP contribution >= 0.6 is 0 Å². The fraction of sp³-hybridized carbons (Fsp3) is 0.474. The van der Waals surface area contributed by atoms with E-state index in [0.29, 0.717) is 31.9 Å². The van der Waals surface area contributed by atoms with E-state index in [1.54, 1.807) is 15.9 Å². The molecule has 152 valence electrons. The lowest BCUT2D eigenvalue weighted by Gasteiger charge is -2.34. The van der Waals surface area contributed by atoms with Gasteiger partial charge in [0.05, 0.1) is 6.54 Å². The molecule has 0 saturated carbocycles. The SMILES string of the molecule is CC(=O)N1CCN(C(=O)CCC(=O)N(C)CC(=O)Nc2cccc(F)c2)CC1. The van der Waals surface area contributed by atoms with Crippen molar-refractivity contribution in [2.75, 3.05) is 45.1 Å². The van der Waals surface area contributed by atoms with Crippen molar-refractivity contribution in [2.24, 2.45) is 0 Å². The third-order valence-corrected chi connectivity index (χ3v) is 4.55. The molecule has 28 heavy (non-hydrogen) atoms. The summed E-state index contributed by atoms with van der Waals surface area (Å²) < 4.78 is 13.1. The Hall–Kier alpha value is -2.97. The van der Waals surface area contributed by atoms with Crippen LogP contribution in [0.2, 0.25) is 0 Å². The number of nitrogens with one attached hydrogen (secondary N) is 1. The number of hydrogen-bond acceptors (Lipinski definition) is 4. The van der Waals surface area contributed by atoms with E-state index in [9.17, 15) is 23.6 Å². The van der Waals surface area contributed by atoms with Gasteiger partial charge in [0.2, 0.25) is 23.6 Å². The quantitative estimate of drug-likeness (QED) is 0.772. The summed E-state index contributed by atoms with van der Waals surface area (Å²) in [6.07, 6.45) is 0.0459. The predicted molar refractivity (Wildman–Crippen MR) is 101 cm³/mol. The zero-order valence-electron chi connectivity index (χ0n) is 16.1. The molecule has 1 heterocycles. The van der Waals surface area contributed by atoms with Gasteiger partial charge in [-0.2, -0.15) is 0 Å². The number of amides is 4. The van der Waals surface area contributed by atoms with Gasteiger partial charge < -0.3 is 20.0 Å². The van der Waals surface area contributed by atoms with E-state index < -0.39 is 11.7 Å². The molecule has 4 amide bonds. The zero-order valence-corrected chi connectivity index (χ0v) is 16.1. The number of benzene rings is 1. The lowest BCUT2D eigenvalue weighted by atomic mass is 10.2. The van der Waals surface area contributed by atoms with Gasteiger partial charge in [0.1, 0.15) is 5.82 Å². The molecule has 0 atom stereocenters. The van der Waals surface area contributed by atoms with Crippen LogP contribution in [0, 0.1) is 5.82 Å². The maximum Gasteiger partial charge on any atom is 0.243 e. The number of nitrogens with zero attached hydrogens (tertiary/aromatic N) is 3. The van der Waals surface area contributed by atoms with Gasteiger partial charge in [0.15, 0.2) is 0 Å². The molecule has 0 aliphatic carbocycles. The third kappa shape index (κ3) is 6.33. The minimum Gasteiger partial charge on any atom is -0.339 e. The van der Waals surface area contributed by atoms with Crippen molar-refractivity contribution in [2.45, 2.75) is 19.8 Å². The topological polar surface area (TPSA) is 90.0 Å². The molecule has 1 aromatic carbocycles. The van der Waals surface area contributed by atoms with Gasteiger partial charge in [-0.1, -0.05) is 6.07 Å². The van der Waals surface area contributed by atoms with Gasteiger partial charge in [-0.15, -0.1) is 0 Å². The highest BCUT2D eigenvalue weighted by molar-refractivity contribution is 5.94. The smallest absolute Gasteiger partial charge is 0.243 e. The maximum atomic E-state index is 13.1. The molecule has 1 N–H and O–H groups in total. The van der Waals surface area contributed by atoms with Gasteiger partial charge in [0, 0.05) is 58.7 Å². The van der Waals surface area contributed by atoms with Crippen LogP contribution in [0.5, 0.6) is 0 Å². The Labute approximate surface area is 163 Å². The van der Waals surface area contributed by atoms with Crippen molar-refractivity contribution in [3.8, 4) is 0 Å². The average molecular weight is 392 g/mol. The molecular weight excluding hydrogens is 367 g/mol. The number of carbonyl (C=O) groups is 4. The van der Waals surface area contributed by atoms with E-state index in [1.165, 1.54) is 37.1 Å². The lowest BCUT2D eigenvalue weighted by Crippen LogP contribution is -2.50. The van der Waals surface area contributed by atoms with E-state index in [1.807, 2.05) is 0 Å². The second-order valence-electron chi connectivity index (χ2n) is 6.70. The molecule has 9 heteroatoms. The summed E-state index contributed by atoms with van der Waals surface area (Å²) in [4.78, 5) is 52.2. The highest BCUT2D eigenvalue weighted by atomic mass is 19.1. The standard InChI is InChI=1S/C19H25FN4O4/c1-14(25)23-8-10-24(11-9-23)19(28)7-6-18(27)22(2)13-17(26)21-16-5-3-4-15(20)12-16/h3-5,12H,6-11,13H2,1-2H3,(H,21,26). The Kier molecular flexibility index (Phi) is 7.48. The zero-order chi connectivity index (χ0) is 20.7. The molecule has 1 fully saturated rings. The molecule has 0 radical (unpaired) electrons. The monoisotopic (exact) mass is 392 g/mol. The summed E-state index contributed by atoms with van der Waals surface area (Å²) in [5, 5.41) is 2.52. The first kappa shape index (κ1) is 21.3. The fourth-order valence-electron chi connectivity index (χ4n) is 2.90. The molecule has 0 bridgehead atoms. The van der Waals surface area contributed by atoms with Crippen LogP contribution in [0.25, 0.3) is 0 Å². The molecule has 0 aromatic heterocycles. The fourth-order valence-corrected chi connectivity index (χ4v) is 2.90. The summed E-state index contributed by atoms with van der Waals surface area (Å²) in [6, 6.07) is 5.47. The molecule has 1 saturated heterocycles. The third-order valence-electron chi connectivity index (χ3n) is 4.55. The molecule has 1 aromatic rings. The Morgan fingerprint density at radius 1 is 1.07 bits per heavy atom. The Morgan fingerprint density at radius 3 is 2.32 bits per heavy atom. The molecular formula is C19H25FN4O4. The molecule has 0 spiro atoms. The second kappa shape index (κ2) is 9.82. The van der Waals surface area contributed by atoms with E-state index in [0.717, 1.165) is 0 Å². The predicted octanol–water partition coefficient (Wildman–Crippen LogP) is 0.694. The average Bonchev–Trinajstić information content (AvgIpc) is 2.65. The highest BCUT2D eigenvalue weighted by Gasteiger charge is 2.23. The highest BCUT2D eigenvalue weighted by Crippen LogP contribution is 2.10. The van der Waals surface area contributed by atoms with Crippen LogP contribution in [0.4, 0.5) is 10.1 Å². The van der Waals surface area contributed by atoms with Gasteiger partial charge in [0.25, 0.3) is 0 Å². The minimum absolute atomic E-state index is 0.00446. The van der Waals surface area contributed by atoms with Gasteiger partial charge in [-0.25, -0.2) is 4.39 Å². The first-order chi connectivity index (χ1) is 13.3. The first-order valence-electron chi connectivity index (χ1n) is 9.09. The van der Waals surface area contributed by atoms with E-state index >= 15 is 0 Å². The lowest BCUT2D eigenvalue weighted by molar-refractivity contribution is -0.140. The van der Waals surface area contributed by atoms with Crippen molar-refractivity contribution < 1.29 is 23.6 Å². The minimum atomic E-state index is -0.468. The summed E-state index contributed by atoms with van der Waals surface area (Å²) in [5.74, 6) is -1.40. The number of carbonyl (C=O) groups excluding carboxylic acids is 4. The Bertz CT molecular complexity index is 747. The summed E-state index contributed by atoms with van der Waals surface area (Å²) >= 11 is 0. The first-order valence-corrected chi connectivity index (χ1v) is 9.09. The van der Waals surface area contributed by atoms with Crippen molar-refractivity contribution in [3.63, 3.8) is 0 Å². The van der Waals surface area contributed by atoms with Crippen molar-refractivity contribution in [3.05, 3.63) is 30.1 Å². The van der Waals surface area contributed by atoms with Crippen LogP contribution < -0.4 is 5.32 Å². The van der Waals surface area contributed by atoms with Crippen LogP contribution in [0.15, 0.2) is 24.3 Å². The number of rotatable bonds is 6. The molecule has 2 rings (SSSR count). The normalized spacial score (nSPS) is 13.8. The van der Waals surface area contributed by atoms with Gasteiger partial charge in [-0.3, -0.25) is 19.2 Å². The van der Waals surface area contributed by atoms with Crippen molar-refractivity contribution >= 4 is 29.3 Å². The molecule has 8 nitrogen and oxygen atoms in total. The summed E-state index contributed by atoms with van der Waals surface area (Å²) in [7, 11) is 1.48.